The molecule has 13 heteroatoms. The van der Waals surface area contributed by atoms with Crippen LogP contribution in [0.5, 0.6) is 0 Å². The van der Waals surface area contributed by atoms with Gasteiger partial charge in [-0.05, 0) is 24.9 Å². The van der Waals surface area contributed by atoms with E-state index in [0.29, 0.717) is 5.75 Å². The van der Waals surface area contributed by atoms with Gasteiger partial charge in [-0.1, -0.05) is 0 Å². The summed E-state index contributed by atoms with van der Waals surface area (Å²) in [6.45, 7) is -1.23. The number of amides is 3. The molecule has 28 heavy (non-hydrogen) atoms. The Labute approximate surface area is 165 Å². The van der Waals surface area contributed by atoms with Crippen LogP contribution in [-0.4, -0.2) is 88.3 Å². The number of hydrogen-bond acceptors (Lipinski definition) is 8. The third kappa shape index (κ3) is 10.7. The monoisotopic (exact) mass is 422 g/mol. The molecule has 0 saturated heterocycles. The summed E-state index contributed by atoms with van der Waals surface area (Å²) in [6.07, 6.45) is 1.29. The number of aliphatic hydroxyl groups excluding tert-OH is 1. The third-order valence-electron chi connectivity index (χ3n) is 3.48. The van der Waals surface area contributed by atoms with Crippen LogP contribution in [0.3, 0.4) is 0 Å². The van der Waals surface area contributed by atoms with Crippen molar-refractivity contribution in [2.45, 2.75) is 37.4 Å². The van der Waals surface area contributed by atoms with E-state index in [9.17, 15) is 24.0 Å². The fourth-order valence-corrected chi connectivity index (χ4v) is 2.40. The Balaban J connectivity index is 4.77. The van der Waals surface area contributed by atoms with Crippen LogP contribution < -0.4 is 21.7 Å². The molecule has 12 nitrogen and oxygen atoms in total. The molecule has 0 saturated carbocycles. The van der Waals surface area contributed by atoms with E-state index >= 15 is 0 Å². The molecular formula is C15H26N4O8S. The van der Waals surface area contributed by atoms with Gasteiger partial charge in [0.1, 0.15) is 18.1 Å². The van der Waals surface area contributed by atoms with Crippen LogP contribution in [-0.2, 0) is 24.0 Å². The fourth-order valence-electron chi connectivity index (χ4n) is 1.93. The molecule has 3 unspecified atom stereocenters. The standard InChI is InChI=1S/C15H26N4O8S/c1-28-5-4-10(15(26)27)18-11(21)6-17-14(25)9(2-3-12(22)23)19-13(24)8(16)7-20/h8-10,20H,2-7,16H2,1H3,(H,17,25)(H,18,21)(H,19,24)(H,22,23)(H,26,27). The van der Waals surface area contributed by atoms with Crippen molar-refractivity contribution in [3.05, 3.63) is 0 Å². The van der Waals surface area contributed by atoms with Gasteiger partial charge in [-0.15, -0.1) is 0 Å². The minimum Gasteiger partial charge on any atom is -0.481 e. The van der Waals surface area contributed by atoms with E-state index in [0.717, 1.165) is 0 Å². The lowest BCUT2D eigenvalue weighted by molar-refractivity contribution is -0.141. The van der Waals surface area contributed by atoms with Gasteiger partial charge < -0.3 is 37.0 Å². The lowest BCUT2D eigenvalue weighted by atomic mass is 10.1. The van der Waals surface area contributed by atoms with Crippen molar-refractivity contribution in [1.82, 2.24) is 16.0 Å². The van der Waals surface area contributed by atoms with Gasteiger partial charge in [0, 0.05) is 6.42 Å². The van der Waals surface area contributed by atoms with E-state index in [1.54, 1.807) is 6.26 Å². The molecule has 0 aliphatic rings. The second-order valence-corrected chi connectivity index (χ2v) is 6.73. The summed E-state index contributed by atoms with van der Waals surface area (Å²) in [6, 6.07) is -3.70. The van der Waals surface area contributed by atoms with E-state index in [1.807, 2.05) is 0 Å². The molecule has 0 aromatic carbocycles. The third-order valence-corrected chi connectivity index (χ3v) is 4.12. The number of nitrogens with one attached hydrogen (secondary N) is 3. The number of nitrogens with two attached hydrogens (primary N) is 1. The summed E-state index contributed by atoms with van der Waals surface area (Å²) < 4.78 is 0. The summed E-state index contributed by atoms with van der Waals surface area (Å²) in [5.41, 5.74) is 5.33. The van der Waals surface area contributed by atoms with Gasteiger partial charge in [0.25, 0.3) is 0 Å². The Morgan fingerprint density at radius 1 is 1.00 bits per heavy atom. The number of hydrogen-bond donors (Lipinski definition) is 7. The number of thioether (sulfide) groups is 1. The highest BCUT2D eigenvalue weighted by Crippen LogP contribution is 2.01. The van der Waals surface area contributed by atoms with Gasteiger partial charge in [0.15, 0.2) is 0 Å². The van der Waals surface area contributed by atoms with Gasteiger partial charge in [0.05, 0.1) is 13.2 Å². The molecule has 0 aliphatic carbocycles. The Morgan fingerprint density at radius 3 is 2.14 bits per heavy atom. The molecule has 0 heterocycles. The lowest BCUT2D eigenvalue weighted by Crippen LogP contribution is -2.54. The highest BCUT2D eigenvalue weighted by atomic mass is 32.2. The normalized spacial score (nSPS) is 13.7. The van der Waals surface area contributed by atoms with Crippen molar-refractivity contribution in [3.8, 4) is 0 Å². The second-order valence-electron chi connectivity index (χ2n) is 5.74. The summed E-state index contributed by atoms with van der Waals surface area (Å²) in [5, 5.41) is 33.3. The molecule has 0 bridgehead atoms. The fraction of sp³-hybridized carbons (Fsp3) is 0.667. The van der Waals surface area contributed by atoms with Crippen LogP contribution in [0.4, 0.5) is 0 Å². The van der Waals surface area contributed by atoms with Gasteiger partial charge >= 0.3 is 11.9 Å². The number of carboxylic acid groups (broad SMARTS) is 2. The zero-order valence-corrected chi connectivity index (χ0v) is 16.2. The van der Waals surface area contributed by atoms with E-state index in [1.165, 1.54) is 11.8 Å². The average Bonchev–Trinajstić information content (AvgIpc) is 2.64. The van der Waals surface area contributed by atoms with Crippen molar-refractivity contribution in [2.75, 3.05) is 25.2 Å². The molecule has 8 N–H and O–H groups in total. The minimum absolute atomic E-state index is 0.201. The highest BCUT2D eigenvalue weighted by Gasteiger charge is 2.25. The second kappa shape index (κ2) is 13.7. The zero-order chi connectivity index (χ0) is 21.7. The SMILES string of the molecule is CSCCC(NC(=O)CNC(=O)C(CCC(=O)O)NC(=O)C(N)CO)C(=O)O. The molecule has 0 radical (unpaired) electrons. The van der Waals surface area contributed by atoms with Crippen LogP contribution >= 0.6 is 11.8 Å². The molecule has 3 atom stereocenters. The molecule has 0 aromatic rings. The first-order valence-electron chi connectivity index (χ1n) is 8.29. The molecule has 0 aliphatic heterocycles. The number of aliphatic hydroxyl groups is 1. The average molecular weight is 422 g/mol. The van der Waals surface area contributed by atoms with Crippen LogP contribution in [0.25, 0.3) is 0 Å². The maximum atomic E-state index is 12.2. The van der Waals surface area contributed by atoms with E-state index in [2.05, 4.69) is 16.0 Å². The summed E-state index contributed by atoms with van der Waals surface area (Å²) in [7, 11) is 0. The highest BCUT2D eigenvalue weighted by molar-refractivity contribution is 7.98. The van der Waals surface area contributed by atoms with Crippen LogP contribution in [0.2, 0.25) is 0 Å². The molecular weight excluding hydrogens is 396 g/mol. The van der Waals surface area contributed by atoms with Gasteiger partial charge in [0.2, 0.25) is 17.7 Å². The quantitative estimate of drug-likeness (QED) is 0.152. The van der Waals surface area contributed by atoms with Crippen molar-refractivity contribution >= 4 is 41.4 Å². The Hall–Kier alpha value is -2.38. The number of carboxylic acids is 2. The molecule has 0 rings (SSSR count). The Bertz CT molecular complexity index is 574. The Kier molecular flexibility index (Phi) is 12.6. The molecule has 0 fully saturated rings. The number of aliphatic carboxylic acids is 2. The van der Waals surface area contributed by atoms with Crippen LogP contribution in [0.15, 0.2) is 0 Å². The van der Waals surface area contributed by atoms with E-state index < -0.39 is 67.4 Å². The maximum absolute atomic E-state index is 12.2. The number of rotatable bonds is 14. The van der Waals surface area contributed by atoms with Gasteiger partial charge in [-0.2, -0.15) is 11.8 Å². The number of carbonyl (C=O) groups excluding carboxylic acids is 3. The molecule has 0 aromatic heterocycles. The molecule has 0 spiro atoms. The Morgan fingerprint density at radius 2 is 1.64 bits per heavy atom. The van der Waals surface area contributed by atoms with Gasteiger partial charge in [-0.25, -0.2) is 4.79 Å². The first-order chi connectivity index (χ1) is 13.1. The van der Waals surface area contributed by atoms with E-state index in [4.69, 9.17) is 21.1 Å². The van der Waals surface area contributed by atoms with Gasteiger partial charge in [-0.3, -0.25) is 19.2 Å². The molecule has 3 amide bonds. The van der Waals surface area contributed by atoms with Crippen molar-refractivity contribution in [2.24, 2.45) is 5.73 Å². The number of carbonyl (C=O) groups is 5. The lowest BCUT2D eigenvalue weighted by Gasteiger charge is -2.20. The zero-order valence-electron chi connectivity index (χ0n) is 15.3. The smallest absolute Gasteiger partial charge is 0.326 e. The largest absolute Gasteiger partial charge is 0.481 e. The van der Waals surface area contributed by atoms with E-state index in [-0.39, 0.29) is 12.8 Å². The summed E-state index contributed by atoms with van der Waals surface area (Å²) in [4.78, 5) is 57.6. The topological polar surface area (TPSA) is 208 Å². The minimum atomic E-state index is -1.30. The first-order valence-corrected chi connectivity index (χ1v) is 9.69. The predicted octanol–water partition coefficient (Wildman–Crippen LogP) is -2.91. The predicted molar refractivity (Wildman–Crippen MR) is 99.4 cm³/mol. The summed E-state index contributed by atoms with van der Waals surface area (Å²) in [5.74, 6) is -4.35. The maximum Gasteiger partial charge on any atom is 0.326 e. The first kappa shape index (κ1) is 25.6. The van der Waals surface area contributed by atoms with Crippen LogP contribution in [0.1, 0.15) is 19.3 Å². The molecule has 160 valence electrons. The van der Waals surface area contributed by atoms with Crippen molar-refractivity contribution in [3.63, 3.8) is 0 Å². The van der Waals surface area contributed by atoms with Crippen molar-refractivity contribution < 1.29 is 39.3 Å². The summed E-state index contributed by atoms with van der Waals surface area (Å²) >= 11 is 1.41. The van der Waals surface area contributed by atoms with Crippen molar-refractivity contribution in [1.29, 1.82) is 0 Å². The van der Waals surface area contributed by atoms with Crippen LogP contribution in [0, 0.1) is 0 Å².